The average Bonchev–Trinajstić information content (AvgIpc) is 2.73. The SMILES string of the molecule is CC(C)(C)c1[nH]nc(-c2c(F)cccc2Cl)c1C(=O)O. The zero-order valence-electron chi connectivity index (χ0n) is 11.3. The summed E-state index contributed by atoms with van der Waals surface area (Å²) in [4.78, 5) is 11.5. The third-order valence-electron chi connectivity index (χ3n) is 2.93. The Morgan fingerprint density at radius 2 is 2.05 bits per heavy atom. The lowest BCUT2D eigenvalue weighted by Gasteiger charge is -2.17. The van der Waals surface area contributed by atoms with E-state index in [0.29, 0.717) is 5.69 Å². The van der Waals surface area contributed by atoms with Crippen LogP contribution in [-0.2, 0) is 5.41 Å². The van der Waals surface area contributed by atoms with Gasteiger partial charge in [-0.25, -0.2) is 9.18 Å². The number of carbonyl (C=O) groups is 1. The molecule has 0 spiro atoms. The molecule has 106 valence electrons. The lowest BCUT2D eigenvalue weighted by atomic mass is 9.88. The van der Waals surface area contributed by atoms with Gasteiger partial charge in [0.25, 0.3) is 0 Å². The molecule has 0 fully saturated rings. The smallest absolute Gasteiger partial charge is 0.339 e. The summed E-state index contributed by atoms with van der Waals surface area (Å²) >= 11 is 5.98. The van der Waals surface area contributed by atoms with Crippen LogP contribution in [-0.4, -0.2) is 21.3 Å². The Balaban J connectivity index is 2.77. The number of hydrogen-bond donors (Lipinski definition) is 2. The number of halogens is 2. The highest BCUT2D eigenvalue weighted by atomic mass is 35.5. The lowest BCUT2D eigenvalue weighted by molar-refractivity contribution is 0.0695. The molecule has 4 nitrogen and oxygen atoms in total. The fraction of sp³-hybridized carbons (Fsp3) is 0.286. The van der Waals surface area contributed by atoms with Crippen molar-refractivity contribution < 1.29 is 14.3 Å². The number of carboxylic acids is 1. The number of aromatic carboxylic acids is 1. The van der Waals surface area contributed by atoms with E-state index in [0.717, 1.165) is 0 Å². The number of aromatic nitrogens is 2. The number of nitrogens with zero attached hydrogens (tertiary/aromatic N) is 1. The molecule has 0 aliphatic rings. The topological polar surface area (TPSA) is 66.0 Å². The van der Waals surface area contributed by atoms with Crippen LogP contribution in [0, 0.1) is 5.82 Å². The number of aromatic amines is 1. The Morgan fingerprint density at radius 1 is 1.40 bits per heavy atom. The largest absolute Gasteiger partial charge is 0.478 e. The van der Waals surface area contributed by atoms with Gasteiger partial charge in [0.1, 0.15) is 17.1 Å². The predicted octanol–water partition coefficient (Wildman–Crippen LogP) is 3.86. The Bertz CT molecular complexity index is 654. The molecular formula is C14H14ClFN2O2. The maximum atomic E-state index is 14.0. The van der Waals surface area contributed by atoms with Crippen molar-refractivity contribution >= 4 is 17.6 Å². The highest BCUT2D eigenvalue weighted by Crippen LogP contribution is 2.35. The van der Waals surface area contributed by atoms with Gasteiger partial charge in [0, 0.05) is 5.41 Å². The monoisotopic (exact) mass is 296 g/mol. The van der Waals surface area contributed by atoms with Gasteiger partial charge in [-0.15, -0.1) is 0 Å². The molecule has 1 aromatic heterocycles. The standard InChI is InChI=1S/C14H14ClFN2O2/c1-14(2,3)12-10(13(19)20)11(17-18-12)9-7(15)5-4-6-8(9)16/h4-6H,1-3H3,(H,17,18)(H,19,20). The van der Waals surface area contributed by atoms with Crippen LogP contribution < -0.4 is 0 Å². The van der Waals surface area contributed by atoms with Gasteiger partial charge in [-0.3, -0.25) is 5.10 Å². The van der Waals surface area contributed by atoms with Crippen LogP contribution in [0.25, 0.3) is 11.3 Å². The number of carboxylic acid groups (broad SMARTS) is 1. The van der Waals surface area contributed by atoms with Gasteiger partial charge in [0.05, 0.1) is 16.3 Å². The van der Waals surface area contributed by atoms with Crippen molar-refractivity contribution in [3.63, 3.8) is 0 Å². The van der Waals surface area contributed by atoms with Crippen LogP contribution in [0.4, 0.5) is 4.39 Å². The van der Waals surface area contributed by atoms with Gasteiger partial charge >= 0.3 is 5.97 Å². The molecule has 0 unspecified atom stereocenters. The van der Waals surface area contributed by atoms with E-state index >= 15 is 0 Å². The molecule has 0 amide bonds. The van der Waals surface area contributed by atoms with E-state index in [9.17, 15) is 14.3 Å². The molecule has 6 heteroatoms. The Hall–Kier alpha value is -1.88. The molecule has 2 N–H and O–H groups in total. The van der Waals surface area contributed by atoms with Crippen LogP contribution in [0.2, 0.25) is 5.02 Å². The minimum absolute atomic E-state index is 0.00156. The summed E-state index contributed by atoms with van der Waals surface area (Å²) in [6.45, 7) is 5.54. The molecular weight excluding hydrogens is 283 g/mol. The van der Waals surface area contributed by atoms with E-state index in [1.807, 2.05) is 20.8 Å². The van der Waals surface area contributed by atoms with Crippen LogP contribution in [0.15, 0.2) is 18.2 Å². The first-order chi connectivity index (χ1) is 9.23. The molecule has 0 aliphatic carbocycles. The van der Waals surface area contributed by atoms with Crippen LogP contribution in [0.5, 0.6) is 0 Å². The first-order valence-corrected chi connectivity index (χ1v) is 6.37. The van der Waals surface area contributed by atoms with Crippen LogP contribution in [0.1, 0.15) is 36.8 Å². The number of rotatable bonds is 2. The van der Waals surface area contributed by atoms with Crippen LogP contribution >= 0.6 is 11.6 Å². The second-order valence-corrected chi connectivity index (χ2v) is 5.88. The van der Waals surface area contributed by atoms with Crippen molar-refractivity contribution in [1.29, 1.82) is 0 Å². The highest BCUT2D eigenvalue weighted by molar-refractivity contribution is 6.33. The van der Waals surface area contributed by atoms with Gasteiger partial charge in [-0.05, 0) is 12.1 Å². The number of nitrogens with one attached hydrogen (secondary N) is 1. The summed E-state index contributed by atoms with van der Waals surface area (Å²) in [6.07, 6.45) is 0. The lowest BCUT2D eigenvalue weighted by Crippen LogP contribution is -2.16. The average molecular weight is 297 g/mol. The maximum Gasteiger partial charge on any atom is 0.339 e. The summed E-state index contributed by atoms with van der Waals surface area (Å²) in [5, 5.41) is 16.2. The van der Waals surface area contributed by atoms with Crippen molar-refractivity contribution in [2.45, 2.75) is 26.2 Å². The van der Waals surface area contributed by atoms with Crippen molar-refractivity contribution in [2.24, 2.45) is 0 Å². The summed E-state index contributed by atoms with van der Waals surface area (Å²) in [6, 6.07) is 4.17. The zero-order valence-corrected chi connectivity index (χ0v) is 12.0. The second-order valence-electron chi connectivity index (χ2n) is 5.47. The Labute approximate surface area is 120 Å². The fourth-order valence-electron chi connectivity index (χ4n) is 2.00. The summed E-state index contributed by atoms with van der Waals surface area (Å²) in [7, 11) is 0. The van der Waals surface area contributed by atoms with Gasteiger partial charge < -0.3 is 5.11 Å². The maximum absolute atomic E-state index is 14.0. The molecule has 0 saturated carbocycles. The molecule has 1 heterocycles. The minimum Gasteiger partial charge on any atom is -0.478 e. The Kier molecular flexibility index (Phi) is 3.56. The first kappa shape index (κ1) is 14.5. The van der Waals surface area contributed by atoms with Gasteiger partial charge in [-0.1, -0.05) is 38.4 Å². The molecule has 0 aliphatic heterocycles. The quantitative estimate of drug-likeness (QED) is 0.884. The zero-order chi connectivity index (χ0) is 15.1. The van der Waals surface area contributed by atoms with E-state index in [-0.39, 0.29) is 21.8 Å². The van der Waals surface area contributed by atoms with Gasteiger partial charge in [0.2, 0.25) is 0 Å². The summed E-state index contributed by atoms with van der Waals surface area (Å²) < 4.78 is 14.0. The first-order valence-electron chi connectivity index (χ1n) is 6.00. The predicted molar refractivity (Wildman–Crippen MR) is 74.7 cm³/mol. The Morgan fingerprint density at radius 3 is 2.55 bits per heavy atom. The van der Waals surface area contributed by atoms with Gasteiger partial charge in [-0.2, -0.15) is 5.10 Å². The van der Waals surface area contributed by atoms with E-state index in [2.05, 4.69) is 10.2 Å². The number of benzene rings is 1. The summed E-state index contributed by atoms with van der Waals surface area (Å²) in [5.41, 5.74) is -0.0656. The fourth-order valence-corrected chi connectivity index (χ4v) is 2.25. The van der Waals surface area contributed by atoms with E-state index < -0.39 is 17.2 Å². The highest BCUT2D eigenvalue weighted by Gasteiger charge is 2.30. The molecule has 20 heavy (non-hydrogen) atoms. The third-order valence-corrected chi connectivity index (χ3v) is 3.24. The second kappa shape index (κ2) is 4.90. The van der Waals surface area contributed by atoms with Crippen molar-refractivity contribution in [2.75, 3.05) is 0 Å². The molecule has 0 bridgehead atoms. The third kappa shape index (κ3) is 2.41. The summed E-state index contributed by atoms with van der Waals surface area (Å²) in [5.74, 6) is -1.77. The molecule has 2 aromatic rings. The molecule has 0 atom stereocenters. The van der Waals surface area contributed by atoms with Gasteiger partial charge in [0.15, 0.2) is 0 Å². The van der Waals surface area contributed by atoms with Crippen molar-refractivity contribution in [3.05, 3.63) is 40.3 Å². The molecule has 1 aromatic carbocycles. The normalized spacial score (nSPS) is 11.7. The number of hydrogen-bond acceptors (Lipinski definition) is 2. The van der Waals surface area contributed by atoms with Crippen molar-refractivity contribution in [1.82, 2.24) is 10.2 Å². The number of H-pyrrole nitrogens is 1. The van der Waals surface area contributed by atoms with E-state index in [1.165, 1.54) is 18.2 Å². The minimum atomic E-state index is -1.17. The molecule has 0 saturated heterocycles. The molecule has 2 rings (SSSR count). The van der Waals surface area contributed by atoms with Crippen LogP contribution in [0.3, 0.4) is 0 Å². The van der Waals surface area contributed by atoms with Crippen molar-refractivity contribution in [3.8, 4) is 11.3 Å². The van der Waals surface area contributed by atoms with E-state index in [4.69, 9.17) is 11.6 Å². The van der Waals surface area contributed by atoms with E-state index in [1.54, 1.807) is 0 Å². The molecule has 0 radical (unpaired) electrons.